The molecule has 1 fully saturated rings. The molecule has 4 heterocycles. The predicted octanol–water partition coefficient (Wildman–Crippen LogP) is 3.81. The van der Waals surface area contributed by atoms with Crippen LogP contribution in [0.25, 0.3) is 0 Å². The van der Waals surface area contributed by atoms with Crippen molar-refractivity contribution in [3.63, 3.8) is 0 Å². The van der Waals surface area contributed by atoms with E-state index >= 15 is 0 Å². The first-order chi connectivity index (χ1) is 14.0. The lowest BCUT2D eigenvalue weighted by molar-refractivity contribution is -0.0257. The smallest absolute Gasteiger partial charge is 0.257 e. The van der Waals surface area contributed by atoms with Gasteiger partial charge in [0.15, 0.2) is 5.75 Å². The van der Waals surface area contributed by atoms with Gasteiger partial charge in [-0.15, -0.1) is 0 Å². The summed E-state index contributed by atoms with van der Waals surface area (Å²) in [7, 11) is 0. The van der Waals surface area contributed by atoms with Crippen molar-refractivity contribution in [2.75, 3.05) is 33.0 Å². The number of nitrogens with zero attached hydrogens (tertiary/aromatic N) is 3. The van der Waals surface area contributed by atoms with E-state index in [4.69, 9.17) is 14.2 Å². The van der Waals surface area contributed by atoms with E-state index in [9.17, 15) is 4.39 Å². The first-order valence-corrected chi connectivity index (χ1v) is 10.2. The fourth-order valence-corrected chi connectivity index (χ4v) is 4.05. The van der Waals surface area contributed by atoms with E-state index in [1.165, 1.54) is 0 Å². The van der Waals surface area contributed by atoms with Crippen molar-refractivity contribution in [1.29, 1.82) is 0 Å². The molecular formula is C22H28FN3O3. The largest absolute Gasteiger partial charge is 0.484 e. The second kappa shape index (κ2) is 8.14. The van der Waals surface area contributed by atoms with Gasteiger partial charge in [0.05, 0.1) is 5.69 Å². The van der Waals surface area contributed by atoms with E-state index in [1.54, 1.807) is 0 Å². The van der Waals surface area contributed by atoms with Gasteiger partial charge < -0.3 is 14.2 Å². The first-order valence-electron chi connectivity index (χ1n) is 10.2. The van der Waals surface area contributed by atoms with Crippen LogP contribution in [0.1, 0.15) is 42.9 Å². The molecule has 0 radical (unpaired) electrons. The van der Waals surface area contributed by atoms with Crippen molar-refractivity contribution >= 4 is 0 Å². The third-order valence-corrected chi connectivity index (χ3v) is 5.74. The van der Waals surface area contributed by atoms with Crippen molar-refractivity contribution < 1.29 is 18.6 Å². The third kappa shape index (κ3) is 4.29. The van der Waals surface area contributed by atoms with Crippen molar-refractivity contribution in [3.05, 3.63) is 41.3 Å². The Bertz CT molecular complexity index is 848. The second-order valence-corrected chi connectivity index (χ2v) is 7.95. The highest BCUT2D eigenvalue weighted by atomic mass is 19.1. The summed E-state index contributed by atoms with van der Waals surface area (Å²) in [4.78, 5) is 11.3. The SMILES string of the molecule is Cc1cc(OC2(CF)CCN(C(C)c3ccc4c(n3)OCCO4)CC2)cc(C)n1. The summed E-state index contributed by atoms with van der Waals surface area (Å²) in [6.07, 6.45) is 1.25. The number of halogens is 1. The van der Waals surface area contributed by atoms with Gasteiger partial charge in [0.2, 0.25) is 0 Å². The zero-order chi connectivity index (χ0) is 20.4. The van der Waals surface area contributed by atoms with Crippen molar-refractivity contribution in [2.24, 2.45) is 0 Å². The molecule has 6 nitrogen and oxygen atoms in total. The lowest BCUT2D eigenvalue weighted by atomic mass is 9.91. The Balaban J connectivity index is 1.43. The van der Waals surface area contributed by atoms with E-state index in [1.807, 2.05) is 38.1 Å². The lowest BCUT2D eigenvalue weighted by Gasteiger charge is -2.42. The van der Waals surface area contributed by atoms with Gasteiger partial charge in [-0.2, -0.15) is 0 Å². The van der Waals surface area contributed by atoms with Crippen molar-refractivity contribution in [3.8, 4) is 17.4 Å². The van der Waals surface area contributed by atoms with Crippen LogP contribution in [0.3, 0.4) is 0 Å². The fraction of sp³-hybridized carbons (Fsp3) is 0.545. The number of fused-ring (bicyclic) bond motifs is 1. The first kappa shape index (κ1) is 19.9. The Hall–Kier alpha value is -2.41. The van der Waals surface area contributed by atoms with Crippen LogP contribution >= 0.6 is 0 Å². The molecule has 0 amide bonds. The number of ether oxygens (including phenoxy) is 3. The molecule has 7 heteroatoms. The number of likely N-dealkylation sites (tertiary alicyclic amines) is 1. The molecule has 0 spiro atoms. The number of pyridine rings is 2. The molecule has 0 saturated carbocycles. The van der Waals surface area contributed by atoms with Gasteiger partial charge in [-0.3, -0.25) is 9.88 Å². The molecule has 0 aliphatic carbocycles. The third-order valence-electron chi connectivity index (χ3n) is 5.74. The zero-order valence-corrected chi connectivity index (χ0v) is 17.3. The summed E-state index contributed by atoms with van der Waals surface area (Å²) in [5.74, 6) is 1.95. The Morgan fingerprint density at radius 1 is 1.10 bits per heavy atom. The van der Waals surface area contributed by atoms with Gasteiger partial charge in [0, 0.05) is 55.5 Å². The summed E-state index contributed by atoms with van der Waals surface area (Å²) in [5, 5.41) is 0. The fourth-order valence-electron chi connectivity index (χ4n) is 4.05. The lowest BCUT2D eigenvalue weighted by Crippen LogP contribution is -2.50. The second-order valence-electron chi connectivity index (χ2n) is 7.95. The number of hydrogen-bond donors (Lipinski definition) is 0. The molecular weight excluding hydrogens is 373 g/mol. The molecule has 2 aliphatic heterocycles. The van der Waals surface area contributed by atoms with Crippen LogP contribution in [0.15, 0.2) is 24.3 Å². The summed E-state index contributed by atoms with van der Waals surface area (Å²) in [6, 6.07) is 7.75. The average Bonchev–Trinajstić information content (AvgIpc) is 2.72. The molecule has 2 aromatic heterocycles. The quantitative estimate of drug-likeness (QED) is 0.759. The summed E-state index contributed by atoms with van der Waals surface area (Å²) in [6.45, 7) is 8.02. The molecule has 0 N–H and O–H groups in total. The molecule has 1 unspecified atom stereocenters. The van der Waals surface area contributed by atoms with Gasteiger partial charge in [-0.25, -0.2) is 9.37 Å². The number of piperidine rings is 1. The highest BCUT2D eigenvalue weighted by molar-refractivity contribution is 5.36. The Labute approximate surface area is 171 Å². The monoisotopic (exact) mass is 401 g/mol. The van der Waals surface area contributed by atoms with Gasteiger partial charge in [0.25, 0.3) is 5.88 Å². The number of alkyl halides is 1. The number of rotatable bonds is 5. The zero-order valence-electron chi connectivity index (χ0n) is 17.3. The molecule has 0 bridgehead atoms. The summed E-state index contributed by atoms with van der Waals surface area (Å²) in [5.41, 5.74) is 1.91. The minimum absolute atomic E-state index is 0.105. The normalized spacial score (nSPS) is 19.6. The van der Waals surface area contributed by atoms with Gasteiger partial charge in [0.1, 0.15) is 31.2 Å². The highest BCUT2D eigenvalue weighted by Gasteiger charge is 2.38. The van der Waals surface area contributed by atoms with Crippen LogP contribution in [0.4, 0.5) is 4.39 Å². The van der Waals surface area contributed by atoms with Crippen LogP contribution < -0.4 is 14.2 Å². The van der Waals surface area contributed by atoms with Crippen LogP contribution in [0.5, 0.6) is 17.4 Å². The number of hydrogen-bond acceptors (Lipinski definition) is 6. The maximum Gasteiger partial charge on any atom is 0.257 e. The van der Waals surface area contributed by atoms with E-state index in [0.29, 0.717) is 43.4 Å². The summed E-state index contributed by atoms with van der Waals surface area (Å²) >= 11 is 0. The molecule has 4 rings (SSSR count). The maximum absolute atomic E-state index is 14.1. The van der Waals surface area contributed by atoms with Gasteiger partial charge in [-0.1, -0.05) is 0 Å². The molecule has 1 atom stereocenters. The Morgan fingerprint density at radius 2 is 1.79 bits per heavy atom. The molecule has 2 aromatic rings. The van der Waals surface area contributed by atoms with E-state index < -0.39 is 12.3 Å². The average molecular weight is 401 g/mol. The minimum atomic E-state index is -0.781. The molecule has 2 aliphatic rings. The summed E-state index contributed by atoms with van der Waals surface area (Å²) < 4.78 is 31.4. The van der Waals surface area contributed by atoms with E-state index in [-0.39, 0.29) is 6.04 Å². The number of aryl methyl sites for hydroxylation is 2. The minimum Gasteiger partial charge on any atom is -0.484 e. The highest BCUT2D eigenvalue weighted by Crippen LogP contribution is 2.35. The van der Waals surface area contributed by atoms with E-state index in [2.05, 4.69) is 21.8 Å². The maximum atomic E-state index is 14.1. The van der Waals surface area contributed by atoms with Crippen LogP contribution in [0, 0.1) is 13.8 Å². The van der Waals surface area contributed by atoms with Crippen LogP contribution in [-0.4, -0.2) is 53.4 Å². The Kier molecular flexibility index (Phi) is 5.58. The van der Waals surface area contributed by atoms with Crippen molar-refractivity contribution in [2.45, 2.75) is 45.3 Å². The Morgan fingerprint density at radius 3 is 2.48 bits per heavy atom. The van der Waals surface area contributed by atoms with Gasteiger partial charge in [-0.05, 0) is 32.9 Å². The topological polar surface area (TPSA) is 56.7 Å². The van der Waals surface area contributed by atoms with Crippen LogP contribution in [0.2, 0.25) is 0 Å². The standard InChI is InChI=1S/C22H28FN3O3/c1-15-12-18(13-16(2)24-15)29-22(14-23)6-8-26(9-7-22)17(3)19-4-5-20-21(25-19)28-11-10-27-20/h4-5,12-13,17H,6-11,14H2,1-3H3. The van der Waals surface area contributed by atoms with E-state index in [0.717, 1.165) is 30.2 Å². The van der Waals surface area contributed by atoms with Crippen LogP contribution in [-0.2, 0) is 0 Å². The number of aromatic nitrogens is 2. The molecule has 156 valence electrons. The predicted molar refractivity (Wildman–Crippen MR) is 107 cm³/mol. The molecule has 29 heavy (non-hydrogen) atoms. The molecule has 0 aromatic carbocycles. The van der Waals surface area contributed by atoms with Crippen molar-refractivity contribution in [1.82, 2.24) is 14.9 Å². The van der Waals surface area contributed by atoms with Gasteiger partial charge >= 0.3 is 0 Å². The molecule has 1 saturated heterocycles.